The summed E-state index contributed by atoms with van der Waals surface area (Å²) in [4.78, 5) is 0. The van der Waals surface area contributed by atoms with Crippen LogP contribution < -0.4 is 35.2 Å². The molecule has 0 aliphatic carbocycles. The van der Waals surface area contributed by atoms with Gasteiger partial charge in [-0.05, 0) is 11.8 Å². The number of hydrogen-bond acceptors (Lipinski definition) is 0. The smallest absolute Gasteiger partial charge is 1.00 e. The Balaban J connectivity index is -0.000000242. The number of rotatable bonds is 12. The fraction of sp³-hybridized carbons (Fsp3) is 0.688. The molecule has 0 aromatic heterocycles. The normalized spacial score (nSPS) is 10.9. The number of hydrogen-bond donors (Lipinski definition) is 0. The van der Waals surface area contributed by atoms with E-state index in [1.54, 1.807) is 10.4 Å². The minimum atomic E-state index is -1.12. The van der Waals surface area contributed by atoms with Gasteiger partial charge in [0.25, 0.3) is 0 Å². The Morgan fingerprint density at radius 1 is 0.579 bits per heavy atom. The van der Waals surface area contributed by atoms with Crippen LogP contribution in [0.25, 0.3) is 0 Å². The van der Waals surface area contributed by atoms with Crippen molar-refractivity contribution in [3.05, 3.63) is 47.5 Å². The van der Waals surface area contributed by atoms with E-state index in [-0.39, 0.29) is 51.0 Å². The van der Waals surface area contributed by atoms with Crippen LogP contribution in [0.3, 0.4) is 0 Å². The van der Waals surface area contributed by atoms with E-state index in [2.05, 4.69) is 119 Å². The molecule has 0 heterocycles. The molecule has 0 saturated carbocycles. The molecule has 2 aromatic carbocycles. The summed E-state index contributed by atoms with van der Waals surface area (Å²) >= 11 is 0. The molecule has 2 rings (SSSR count). The zero-order valence-electron chi connectivity index (χ0n) is 27.1. The molecule has 0 aliphatic heterocycles. The predicted molar refractivity (Wildman–Crippen MR) is 174 cm³/mol. The van der Waals surface area contributed by atoms with Gasteiger partial charge in [0.1, 0.15) is 0 Å². The SMILES string of the molecule is CC[SiH]CC.CC[Si](CC)(CC)c1c[cH-]c(C(C)C)c1.CC[Si](CC)(CC)c1c[cH-]c(C(C)C)c1.[Cl-].[Cl-].[Zr+4]. The first-order valence-corrected chi connectivity index (χ1v) is 21.8. The third-order valence-electron chi connectivity index (χ3n) is 8.75. The summed E-state index contributed by atoms with van der Waals surface area (Å²) in [6.45, 7) is 27.9. The van der Waals surface area contributed by atoms with Crippen LogP contribution in [0.2, 0.25) is 48.4 Å². The van der Waals surface area contributed by atoms with Gasteiger partial charge < -0.3 is 24.8 Å². The molecular weight excluding hydrogens is 631 g/mol. The monoisotopic (exact) mass is 689 g/mol. The second-order valence-corrected chi connectivity index (χ2v) is 23.7. The third kappa shape index (κ3) is 13.7. The Morgan fingerprint density at radius 3 is 0.974 bits per heavy atom. The fourth-order valence-electron chi connectivity index (χ4n) is 5.31. The van der Waals surface area contributed by atoms with Crippen LogP contribution in [0, 0.1) is 0 Å². The van der Waals surface area contributed by atoms with Crippen molar-refractivity contribution in [3.8, 4) is 0 Å². The van der Waals surface area contributed by atoms with E-state index < -0.39 is 16.1 Å². The summed E-state index contributed by atoms with van der Waals surface area (Å²) < 4.78 is 0. The Labute approximate surface area is 275 Å². The molecule has 0 aliphatic rings. The maximum Gasteiger partial charge on any atom is 4.00 e. The van der Waals surface area contributed by atoms with Gasteiger partial charge in [0, 0.05) is 25.7 Å². The van der Waals surface area contributed by atoms with Crippen LogP contribution >= 0.6 is 0 Å². The van der Waals surface area contributed by atoms with Crippen LogP contribution in [0.5, 0.6) is 0 Å². The molecule has 0 atom stereocenters. The third-order valence-corrected chi connectivity index (χ3v) is 21.1. The molecule has 2 aromatic rings. The van der Waals surface area contributed by atoms with E-state index in [4.69, 9.17) is 0 Å². The van der Waals surface area contributed by atoms with Crippen molar-refractivity contribution >= 4 is 36.0 Å². The van der Waals surface area contributed by atoms with Crippen LogP contribution in [-0.2, 0) is 26.2 Å². The second-order valence-electron chi connectivity index (χ2n) is 11.0. The van der Waals surface area contributed by atoms with E-state index in [0.717, 1.165) is 9.52 Å². The van der Waals surface area contributed by atoms with Gasteiger partial charge in [0.2, 0.25) is 0 Å². The Morgan fingerprint density at radius 2 is 0.842 bits per heavy atom. The largest absolute Gasteiger partial charge is 4.00 e. The Hall–Kier alpha value is 0.814. The van der Waals surface area contributed by atoms with Gasteiger partial charge in [0.05, 0.1) is 0 Å². The van der Waals surface area contributed by atoms with E-state index in [9.17, 15) is 0 Å². The molecule has 0 saturated heterocycles. The standard InChI is InChI=1S/2C14H25Si.C4H11Si.2ClH.Zr/c2*1-6-15(7-2,8-3)14-10-9-13(11-14)12(4)5;1-3-5-4-2;;;/h2*9-12H,6-8H2,1-5H3;5H,3-4H2,1-2H3;2*1H;/q2*-1;;;;+4/p-2. The molecule has 0 bridgehead atoms. The minimum absolute atomic E-state index is 0. The molecule has 6 heteroatoms. The van der Waals surface area contributed by atoms with Gasteiger partial charge >= 0.3 is 26.2 Å². The molecule has 0 unspecified atom stereocenters. The van der Waals surface area contributed by atoms with Gasteiger partial charge in [-0.25, -0.2) is 22.5 Å². The molecular formula is C32H61Cl2Si3Zr. The van der Waals surface area contributed by atoms with E-state index in [0.29, 0.717) is 11.8 Å². The second kappa shape index (κ2) is 24.4. The van der Waals surface area contributed by atoms with Crippen molar-refractivity contribution in [1.29, 1.82) is 0 Å². The number of halogens is 2. The van der Waals surface area contributed by atoms with Crippen LogP contribution in [0.4, 0.5) is 0 Å². The van der Waals surface area contributed by atoms with Gasteiger partial charge in [-0.1, -0.05) is 131 Å². The van der Waals surface area contributed by atoms with E-state index >= 15 is 0 Å². The molecule has 0 N–H and O–H groups in total. The summed E-state index contributed by atoms with van der Waals surface area (Å²) in [5.74, 6) is 1.35. The van der Waals surface area contributed by atoms with Crippen LogP contribution in [0.15, 0.2) is 36.4 Å². The molecule has 38 heavy (non-hydrogen) atoms. The van der Waals surface area contributed by atoms with Gasteiger partial charge in [-0.15, -0.1) is 0 Å². The molecule has 0 nitrogen and oxygen atoms in total. The summed E-state index contributed by atoms with van der Waals surface area (Å²) in [6.07, 6.45) is 0. The summed E-state index contributed by atoms with van der Waals surface area (Å²) in [5, 5.41) is 3.39. The molecule has 0 amide bonds. The van der Waals surface area contributed by atoms with Gasteiger partial charge in [-0.2, -0.15) is 35.4 Å². The van der Waals surface area contributed by atoms with Crippen molar-refractivity contribution in [3.63, 3.8) is 0 Å². The van der Waals surface area contributed by atoms with Crippen LogP contribution in [-0.4, -0.2) is 25.7 Å². The molecule has 1 radical (unpaired) electrons. The van der Waals surface area contributed by atoms with Crippen molar-refractivity contribution in [2.24, 2.45) is 0 Å². The molecule has 0 spiro atoms. The van der Waals surface area contributed by atoms with Crippen molar-refractivity contribution in [1.82, 2.24) is 0 Å². The van der Waals surface area contributed by atoms with E-state index in [1.165, 1.54) is 59.5 Å². The van der Waals surface area contributed by atoms with Gasteiger partial charge in [-0.3, -0.25) is 0 Å². The van der Waals surface area contributed by atoms with Crippen LogP contribution in [0.1, 0.15) is 106 Å². The summed E-state index contributed by atoms with van der Waals surface area (Å²) in [7, 11) is -1.42. The first kappa shape index (κ1) is 45.8. The average molecular weight is 692 g/mol. The zero-order chi connectivity index (χ0) is 27.1. The quantitative estimate of drug-likeness (QED) is 0.235. The van der Waals surface area contributed by atoms with Crippen molar-refractivity contribution < 1.29 is 51.0 Å². The first-order chi connectivity index (χ1) is 16.6. The maximum atomic E-state index is 2.48. The Kier molecular flexibility index (Phi) is 29.4. The summed E-state index contributed by atoms with van der Waals surface area (Å²) in [6, 6.07) is 25.6. The average Bonchev–Trinajstić information content (AvgIpc) is 3.55. The van der Waals surface area contributed by atoms with Crippen molar-refractivity contribution in [2.75, 3.05) is 0 Å². The minimum Gasteiger partial charge on any atom is -1.00 e. The Bertz CT molecular complexity index is 694. The zero-order valence-corrected chi connectivity index (χ0v) is 34.2. The predicted octanol–water partition coefficient (Wildman–Crippen LogP) is 3.79. The van der Waals surface area contributed by atoms with Gasteiger partial charge in [0.15, 0.2) is 0 Å². The topological polar surface area (TPSA) is 0 Å². The fourth-order valence-corrected chi connectivity index (χ4v) is 13.2. The first-order valence-electron chi connectivity index (χ1n) is 15.0. The molecule has 0 fully saturated rings. The summed E-state index contributed by atoms with van der Waals surface area (Å²) in [5.41, 5.74) is 3.05. The maximum absolute atomic E-state index is 2.48. The van der Waals surface area contributed by atoms with Crippen molar-refractivity contribution in [2.45, 2.75) is 143 Å². The molecule has 219 valence electrons. The van der Waals surface area contributed by atoms with E-state index in [1.807, 2.05) is 0 Å².